The van der Waals surface area contributed by atoms with Gasteiger partial charge in [-0.05, 0) is 48.2 Å². The zero-order valence-corrected chi connectivity index (χ0v) is 13.2. The Morgan fingerprint density at radius 2 is 1.90 bits per heavy atom. The van der Waals surface area contributed by atoms with Gasteiger partial charge in [0.15, 0.2) is 0 Å². The van der Waals surface area contributed by atoms with Crippen molar-refractivity contribution in [1.82, 2.24) is 0 Å². The molecule has 4 heteroatoms. The molecule has 0 unspecified atom stereocenters. The molecule has 0 bridgehead atoms. The van der Waals surface area contributed by atoms with E-state index in [-0.39, 0.29) is 5.84 Å². The van der Waals surface area contributed by atoms with Gasteiger partial charge in [0.1, 0.15) is 17.3 Å². The highest BCUT2D eigenvalue weighted by Crippen LogP contribution is 2.30. The molecule has 0 aliphatic carbocycles. The number of benzene rings is 2. The third-order valence-electron chi connectivity index (χ3n) is 3.32. The number of amidine groups is 1. The van der Waals surface area contributed by atoms with Crippen molar-refractivity contribution in [1.29, 1.82) is 5.41 Å². The Hall–Kier alpha value is -2.00. The summed E-state index contributed by atoms with van der Waals surface area (Å²) >= 11 is 5.99. The number of aryl methyl sites for hydroxylation is 1. The molecule has 0 radical (unpaired) electrons. The SMILES string of the molecule is Cc1cc(Oc2cc(Cl)ccc2C(=N)N)ccc1C(C)C. The molecule has 0 saturated heterocycles. The van der Waals surface area contributed by atoms with Crippen molar-refractivity contribution in [3.05, 3.63) is 58.1 Å². The molecule has 21 heavy (non-hydrogen) atoms. The number of ether oxygens (including phenoxy) is 1. The van der Waals surface area contributed by atoms with E-state index < -0.39 is 0 Å². The van der Waals surface area contributed by atoms with Crippen molar-refractivity contribution < 1.29 is 4.74 Å². The molecular formula is C17H19ClN2O. The van der Waals surface area contributed by atoms with E-state index in [0.29, 0.717) is 28.0 Å². The number of rotatable bonds is 4. The lowest BCUT2D eigenvalue weighted by atomic mass is 9.98. The summed E-state index contributed by atoms with van der Waals surface area (Å²) in [6, 6.07) is 11.0. The second-order valence-electron chi connectivity index (χ2n) is 5.33. The summed E-state index contributed by atoms with van der Waals surface area (Å²) in [5.74, 6) is 1.63. The van der Waals surface area contributed by atoms with Crippen LogP contribution in [0.2, 0.25) is 5.02 Å². The Balaban J connectivity index is 2.36. The van der Waals surface area contributed by atoms with Gasteiger partial charge in [0.05, 0.1) is 5.56 Å². The second kappa shape index (κ2) is 6.19. The predicted octanol–water partition coefficient (Wildman–Crippen LogP) is 4.85. The van der Waals surface area contributed by atoms with Crippen LogP contribution in [-0.2, 0) is 0 Å². The fourth-order valence-corrected chi connectivity index (χ4v) is 2.45. The first-order valence-corrected chi connectivity index (χ1v) is 7.18. The van der Waals surface area contributed by atoms with Crippen LogP contribution in [0, 0.1) is 12.3 Å². The Bertz CT molecular complexity index is 680. The monoisotopic (exact) mass is 302 g/mol. The van der Waals surface area contributed by atoms with E-state index in [1.54, 1.807) is 18.2 Å². The first-order valence-electron chi connectivity index (χ1n) is 6.81. The zero-order chi connectivity index (χ0) is 15.6. The van der Waals surface area contributed by atoms with E-state index >= 15 is 0 Å². The quantitative estimate of drug-likeness (QED) is 0.626. The Labute approximate surface area is 130 Å². The largest absolute Gasteiger partial charge is 0.457 e. The lowest BCUT2D eigenvalue weighted by molar-refractivity contribution is 0.481. The number of nitrogen functional groups attached to an aromatic ring is 1. The van der Waals surface area contributed by atoms with Crippen molar-refractivity contribution in [3.63, 3.8) is 0 Å². The van der Waals surface area contributed by atoms with Crippen LogP contribution in [0.3, 0.4) is 0 Å². The zero-order valence-electron chi connectivity index (χ0n) is 12.4. The number of nitrogens with two attached hydrogens (primary N) is 1. The van der Waals surface area contributed by atoms with Crippen LogP contribution in [0.4, 0.5) is 0 Å². The summed E-state index contributed by atoms with van der Waals surface area (Å²) in [4.78, 5) is 0. The van der Waals surface area contributed by atoms with E-state index in [1.807, 2.05) is 12.1 Å². The molecule has 2 aromatic rings. The van der Waals surface area contributed by atoms with Gasteiger partial charge in [-0.25, -0.2) is 0 Å². The van der Waals surface area contributed by atoms with Crippen LogP contribution < -0.4 is 10.5 Å². The van der Waals surface area contributed by atoms with Gasteiger partial charge < -0.3 is 10.5 Å². The molecule has 3 nitrogen and oxygen atoms in total. The normalized spacial score (nSPS) is 10.7. The number of hydrogen-bond donors (Lipinski definition) is 2. The van der Waals surface area contributed by atoms with E-state index in [2.05, 4.69) is 26.8 Å². The maximum atomic E-state index is 7.60. The van der Waals surface area contributed by atoms with E-state index in [9.17, 15) is 0 Å². The predicted molar refractivity (Wildman–Crippen MR) is 87.8 cm³/mol. The molecule has 2 rings (SSSR count). The molecule has 0 spiro atoms. The molecule has 0 aromatic heterocycles. The number of hydrogen-bond acceptors (Lipinski definition) is 2. The third kappa shape index (κ3) is 3.56. The average molecular weight is 303 g/mol. The minimum atomic E-state index is -0.0443. The van der Waals surface area contributed by atoms with Gasteiger partial charge >= 0.3 is 0 Å². The standard InChI is InChI=1S/C17H19ClN2O/c1-10(2)14-7-5-13(8-11(14)3)21-16-9-12(18)4-6-15(16)17(19)20/h4-10H,1-3H3,(H3,19,20). The third-order valence-corrected chi connectivity index (χ3v) is 3.56. The van der Waals surface area contributed by atoms with Gasteiger partial charge in [0, 0.05) is 11.1 Å². The highest BCUT2D eigenvalue weighted by Gasteiger charge is 2.10. The lowest BCUT2D eigenvalue weighted by Crippen LogP contribution is -2.12. The maximum absolute atomic E-state index is 7.60. The van der Waals surface area contributed by atoms with Crippen molar-refractivity contribution >= 4 is 17.4 Å². The Morgan fingerprint density at radius 3 is 2.48 bits per heavy atom. The first kappa shape index (κ1) is 15.4. The van der Waals surface area contributed by atoms with Gasteiger partial charge in [-0.1, -0.05) is 31.5 Å². The fraction of sp³-hybridized carbons (Fsp3) is 0.235. The Morgan fingerprint density at radius 1 is 1.19 bits per heavy atom. The number of nitrogens with one attached hydrogen (secondary N) is 1. The van der Waals surface area contributed by atoms with Gasteiger partial charge in [-0.3, -0.25) is 5.41 Å². The van der Waals surface area contributed by atoms with Crippen molar-refractivity contribution in [2.45, 2.75) is 26.7 Å². The van der Waals surface area contributed by atoms with Crippen molar-refractivity contribution in [2.24, 2.45) is 5.73 Å². The van der Waals surface area contributed by atoms with Gasteiger partial charge in [-0.15, -0.1) is 0 Å². The average Bonchev–Trinajstić information content (AvgIpc) is 2.37. The molecular weight excluding hydrogens is 284 g/mol. The molecule has 3 N–H and O–H groups in total. The summed E-state index contributed by atoms with van der Waals surface area (Å²) in [6.45, 7) is 6.38. The summed E-state index contributed by atoms with van der Waals surface area (Å²) in [5.41, 5.74) is 8.57. The van der Waals surface area contributed by atoms with Crippen molar-refractivity contribution in [3.8, 4) is 11.5 Å². The molecule has 110 valence electrons. The molecule has 0 atom stereocenters. The summed E-state index contributed by atoms with van der Waals surface area (Å²) in [6.07, 6.45) is 0. The molecule has 0 amide bonds. The molecule has 0 aliphatic rings. The highest BCUT2D eigenvalue weighted by atomic mass is 35.5. The van der Waals surface area contributed by atoms with E-state index in [1.165, 1.54) is 11.1 Å². The summed E-state index contributed by atoms with van der Waals surface area (Å²) in [5, 5.41) is 8.15. The summed E-state index contributed by atoms with van der Waals surface area (Å²) < 4.78 is 5.86. The molecule has 2 aromatic carbocycles. The lowest BCUT2D eigenvalue weighted by Gasteiger charge is -2.14. The van der Waals surface area contributed by atoms with E-state index in [4.69, 9.17) is 27.5 Å². The topological polar surface area (TPSA) is 59.1 Å². The molecule has 0 aliphatic heterocycles. The van der Waals surface area contributed by atoms with Gasteiger partial charge in [0.25, 0.3) is 0 Å². The maximum Gasteiger partial charge on any atom is 0.139 e. The fourth-order valence-electron chi connectivity index (χ4n) is 2.29. The smallest absolute Gasteiger partial charge is 0.139 e. The second-order valence-corrected chi connectivity index (χ2v) is 5.77. The van der Waals surface area contributed by atoms with Crippen LogP contribution in [0.1, 0.15) is 36.5 Å². The Kier molecular flexibility index (Phi) is 4.53. The minimum absolute atomic E-state index is 0.0443. The molecule has 0 fully saturated rings. The van der Waals surface area contributed by atoms with Crippen molar-refractivity contribution in [2.75, 3.05) is 0 Å². The van der Waals surface area contributed by atoms with Gasteiger partial charge in [0.2, 0.25) is 0 Å². The van der Waals surface area contributed by atoms with Crippen LogP contribution in [-0.4, -0.2) is 5.84 Å². The molecule has 0 heterocycles. The first-order chi connectivity index (χ1) is 9.88. The van der Waals surface area contributed by atoms with Crippen LogP contribution in [0.5, 0.6) is 11.5 Å². The van der Waals surface area contributed by atoms with Gasteiger partial charge in [-0.2, -0.15) is 0 Å². The van der Waals surface area contributed by atoms with E-state index in [0.717, 1.165) is 0 Å². The van der Waals surface area contributed by atoms with Crippen LogP contribution >= 0.6 is 11.6 Å². The highest BCUT2D eigenvalue weighted by molar-refractivity contribution is 6.30. The minimum Gasteiger partial charge on any atom is -0.457 e. The molecule has 0 saturated carbocycles. The van der Waals surface area contributed by atoms with Crippen LogP contribution in [0.15, 0.2) is 36.4 Å². The number of halogens is 1. The van der Waals surface area contributed by atoms with Crippen LogP contribution in [0.25, 0.3) is 0 Å². The summed E-state index contributed by atoms with van der Waals surface area (Å²) in [7, 11) is 0.